The zero-order valence-corrected chi connectivity index (χ0v) is 13.9. The Morgan fingerprint density at radius 3 is 2.86 bits per heavy atom. The molecule has 0 bridgehead atoms. The minimum atomic E-state index is -0.253. The molecule has 1 aliphatic heterocycles. The van der Waals surface area contributed by atoms with E-state index in [0.29, 0.717) is 6.54 Å². The number of ether oxygens (including phenoxy) is 1. The van der Waals surface area contributed by atoms with Crippen LogP contribution >= 0.6 is 0 Å². The summed E-state index contributed by atoms with van der Waals surface area (Å²) >= 11 is 0. The predicted molar refractivity (Wildman–Crippen MR) is 89.8 cm³/mol. The Hall–Kier alpha value is -0.940. The first-order valence-electron chi connectivity index (χ1n) is 8.48. The SMILES string of the molecule is CCCC(O)CNC(C)C1CN(Cc2ccccc2)CCO1. The summed E-state index contributed by atoms with van der Waals surface area (Å²) in [5.74, 6) is 0. The van der Waals surface area contributed by atoms with Crippen molar-refractivity contribution in [2.45, 2.75) is 51.5 Å². The fourth-order valence-corrected chi connectivity index (χ4v) is 2.91. The Labute approximate surface area is 134 Å². The van der Waals surface area contributed by atoms with Gasteiger partial charge in [0.15, 0.2) is 0 Å². The lowest BCUT2D eigenvalue weighted by Gasteiger charge is -2.36. The zero-order valence-electron chi connectivity index (χ0n) is 13.9. The molecule has 2 rings (SSSR count). The van der Waals surface area contributed by atoms with Crippen LogP contribution in [-0.4, -0.2) is 54.5 Å². The molecule has 2 N–H and O–H groups in total. The van der Waals surface area contributed by atoms with Gasteiger partial charge in [-0.25, -0.2) is 0 Å². The van der Waals surface area contributed by atoms with Crippen LogP contribution in [0.15, 0.2) is 30.3 Å². The largest absolute Gasteiger partial charge is 0.392 e. The average molecular weight is 306 g/mol. The highest BCUT2D eigenvalue weighted by Gasteiger charge is 2.25. The minimum absolute atomic E-state index is 0.186. The fourth-order valence-electron chi connectivity index (χ4n) is 2.91. The maximum absolute atomic E-state index is 9.83. The highest BCUT2D eigenvalue weighted by atomic mass is 16.5. The number of hydrogen-bond acceptors (Lipinski definition) is 4. The topological polar surface area (TPSA) is 44.7 Å². The molecule has 124 valence electrons. The Bertz CT molecular complexity index is 413. The first-order valence-corrected chi connectivity index (χ1v) is 8.48. The molecule has 4 heteroatoms. The van der Waals surface area contributed by atoms with Crippen LogP contribution in [0.4, 0.5) is 0 Å². The Morgan fingerprint density at radius 2 is 2.14 bits per heavy atom. The first kappa shape index (κ1) is 17.4. The summed E-state index contributed by atoms with van der Waals surface area (Å²) in [7, 11) is 0. The van der Waals surface area contributed by atoms with Crippen molar-refractivity contribution in [3.05, 3.63) is 35.9 Å². The smallest absolute Gasteiger partial charge is 0.0852 e. The molecular weight excluding hydrogens is 276 g/mol. The van der Waals surface area contributed by atoms with Crippen molar-refractivity contribution in [3.63, 3.8) is 0 Å². The average Bonchev–Trinajstić information content (AvgIpc) is 2.54. The normalized spacial score (nSPS) is 22.4. The number of rotatable bonds is 8. The van der Waals surface area contributed by atoms with Crippen LogP contribution < -0.4 is 5.32 Å². The summed E-state index contributed by atoms with van der Waals surface area (Å²) in [4.78, 5) is 2.45. The Balaban J connectivity index is 1.77. The van der Waals surface area contributed by atoms with Gasteiger partial charge in [0.1, 0.15) is 0 Å². The summed E-state index contributed by atoms with van der Waals surface area (Å²) in [5, 5.41) is 13.2. The molecule has 1 heterocycles. The van der Waals surface area contributed by atoms with Crippen LogP contribution in [0.1, 0.15) is 32.3 Å². The van der Waals surface area contributed by atoms with Crippen molar-refractivity contribution >= 4 is 0 Å². The van der Waals surface area contributed by atoms with Crippen molar-refractivity contribution in [2.75, 3.05) is 26.2 Å². The molecule has 1 aromatic carbocycles. The molecule has 1 fully saturated rings. The molecular formula is C18H30N2O2. The van der Waals surface area contributed by atoms with Gasteiger partial charge in [0, 0.05) is 32.2 Å². The van der Waals surface area contributed by atoms with E-state index in [9.17, 15) is 5.11 Å². The van der Waals surface area contributed by atoms with Crippen LogP contribution in [0.25, 0.3) is 0 Å². The van der Waals surface area contributed by atoms with Gasteiger partial charge >= 0.3 is 0 Å². The van der Waals surface area contributed by atoms with Crippen molar-refractivity contribution in [1.82, 2.24) is 10.2 Å². The number of hydrogen-bond donors (Lipinski definition) is 2. The second-order valence-corrected chi connectivity index (χ2v) is 6.27. The standard InChI is InChI=1S/C18H30N2O2/c1-3-7-17(21)12-19-15(2)18-14-20(10-11-22-18)13-16-8-5-4-6-9-16/h4-6,8-9,15,17-19,21H,3,7,10-14H2,1-2H3. The lowest BCUT2D eigenvalue weighted by atomic mass is 10.1. The number of aliphatic hydroxyl groups excluding tert-OH is 1. The molecule has 3 unspecified atom stereocenters. The highest BCUT2D eigenvalue weighted by Crippen LogP contribution is 2.13. The lowest BCUT2D eigenvalue weighted by molar-refractivity contribution is -0.0473. The number of morpholine rings is 1. The van der Waals surface area contributed by atoms with Gasteiger partial charge in [-0.05, 0) is 18.9 Å². The Morgan fingerprint density at radius 1 is 1.36 bits per heavy atom. The van der Waals surface area contributed by atoms with Gasteiger partial charge in [-0.1, -0.05) is 43.7 Å². The predicted octanol–water partition coefficient (Wildman–Crippen LogP) is 2.03. The summed E-state index contributed by atoms with van der Waals surface area (Å²) in [6.45, 7) is 8.57. The highest BCUT2D eigenvalue weighted by molar-refractivity contribution is 5.14. The quantitative estimate of drug-likeness (QED) is 0.771. The van der Waals surface area contributed by atoms with Gasteiger partial charge in [-0.2, -0.15) is 0 Å². The minimum Gasteiger partial charge on any atom is -0.392 e. The van der Waals surface area contributed by atoms with Crippen molar-refractivity contribution < 1.29 is 9.84 Å². The third-order valence-corrected chi connectivity index (χ3v) is 4.28. The van der Waals surface area contributed by atoms with E-state index in [-0.39, 0.29) is 18.2 Å². The van der Waals surface area contributed by atoms with Crippen LogP contribution in [0.2, 0.25) is 0 Å². The van der Waals surface area contributed by atoms with Gasteiger partial charge in [-0.15, -0.1) is 0 Å². The summed E-state index contributed by atoms with van der Waals surface area (Å²) in [6, 6.07) is 10.8. The van der Waals surface area contributed by atoms with Crippen LogP contribution in [0.5, 0.6) is 0 Å². The molecule has 1 aromatic rings. The molecule has 0 saturated carbocycles. The van der Waals surface area contributed by atoms with Gasteiger partial charge in [0.2, 0.25) is 0 Å². The maximum atomic E-state index is 9.83. The molecule has 0 radical (unpaired) electrons. The first-order chi connectivity index (χ1) is 10.7. The van der Waals surface area contributed by atoms with E-state index in [1.807, 2.05) is 0 Å². The van der Waals surface area contributed by atoms with Crippen molar-refractivity contribution in [3.8, 4) is 0 Å². The molecule has 1 aliphatic rings. The van der Waals surface area contributed by atoms with Crippen LogP contribution in [0.3, 0.4) is 0 Å². The molecule has 1 saturated heterocycles. The van der Waals surface area contributed by atoms with E-state index in [1.165, 1.54) is 5.56 Å². The number of benzene rings is 1. The summed E-state index contributed by atoms with van der Waals surface area (Å²) in [6.07, 6.45) is 1.80. The summed E-state index contributed by atoms with van der Waals surface area (Å²) < 4.78 is 5.91. The van der Waals surface area contributed by atoms with Gasteiger partial charge in [0.05, 0.1) is 18.8 Å². The molecule has 0 amide bonds. The fraction of sp³-hybridized carbons (Fsp3) is 0.667. The molecule has 0 spiro atoms. The monoisotopic (exact) mass is 306 g/mol. The van der Waals surface area contributed by atoms with Gasteiger partial charge in [0.25, 0.3) is 0 Å². The van der Waals surface area contributed by atoms with E-state index in [0.717, 1.165) is 39.1 Å². The van der Waals surface area contributed by atoms with Gasteiger partial charge < -0.3 is 15.2 Å². The van der Waals surface area contributed by atoms with E-state index < -0.39 is 0 Å². The maximum Gasteiger partial charge on any atom is 0.0852 e. The van der Waals surface area contributed by atoms with Crippen molar-refractivity contribution in [1.29, 1.82) is 0 Å². The van der Waals surface area contributed by atoms with E-state index in [4.69, 9.17) is 4.74 Å². The summed E-state index contributed by atoms with van der Waals surface area (Å²) in [5.41, 5.74) is 1.35. The number of nitrogens with one attached hydrogen (secondary N) is 1. The third kappa shape index (κ3) is 5.69. The van der Waals surface area contributed by atoms with Crippen LogP contribution in [0, 0.1) is 0 Å². The second kappa shape index (κ2) is 9.26. The van der Waals surface area contributed by atoms with E-state index in [1.54, 1.807) is 0 Å². The number of aliphatic hydroxyl groups is 1. The van der Waals surface area contributed by atoms with E-state index >= 15 is 0 Å². The van der Waals surface area contributed by atoms with Gasteiger partial charge in [-0.3, -0.25) is 4.90 Å². The van der Waals surface area contributed by atoms with Crippen LogP contribution in [-0.2, 0) is 11.3 Å². The second-order valence-electron chi connectivity index (χ2n) is 6.27. The van der Waals surface area contributed by atoms with Crippen molar-refractivity contribution in [2.24, 2.45) is 0 Å². The van der Waals surface area contributed by atoms with E-state index in [2.05, 4.69) is 54.4 Å². The molecule has 4 nitrogen and oxygen atoms in total. The molecule has 0 aromatic heterocycles. The molecule has 3 atom stereocenters. The Kier molecular flexibility index (Phi) is 7.33. The molecule has 22 heavy (non-hydrogen) atoms. The lowest BCUT2D eigenvalue weighted by Crippen LogP contribution is -2.51. The molecule has 0 aliphatic carbocycles. The number of nitrogens with zero attached hydrogens (tertiary/aromatic N) is 1. The third-order valence-electron chi connectivity index (χ3n) is 4.28. The zero-order chi connectivity index (χ0) is 15.8.